The monoisotopic (exact) mass is 262 g/mol. The molecule has 0 radical (unpaired) electrons. The SMILES string of the molecule is C[Si](C)(C)Oc1cc(Cl)c(C=O)cc1Cl. The molecular formula is C10H12Cl2O2Si. The molecule has 0 aliphatic heterocycles. The van der Waals surface area contributed by atoms with Gasteiger partial charge in [-0.2, -0.15) is 0 Å². The lowest BCUT2D eigenvalue weighted by Crippen LogP contribution is -2.29. The summed E-state index contributed by atoms with van der Waals surface area (Å²) in [6, 6.07) is 3.11. The molecule has 0 unspecified atom stereocenters. The van der Waals surface area contributed by atoms with Crippen LogP contribution in [-0.2, 0) is 0 Å². The van der Waals surface area contributed by atoms with E-state index in [1.807, 2.05) is 19.6 Å². The van der Waals surface area contributed by atoms with E-state index >= 15 is 0 Å². The summed E-state index contributed by atoms with van der Waals surface area (Å²) in [5, 5.41) is 0.784. The van der Waals surface area contributed by atoms with Gasteiger partial charge in [0.15, 0.2) is 6.29 Å². The van der Waals surface area contributed by atoms with Crippen molar-refractivity contribution < 1.29 is 9.22 Å². The van der Waals surface area contributed by atoms with E-state index in [9.17, 15) is 4.79 Å². The molecule has 0 amide bonds. The van der Waals surface area contributed by atoms with Crippen molar-refractivity contribution in [3.8, 4) is 5.75 Å². The first-order chi connectivity index (χ1) is 6.83. The zero-order valence-corrected chi connectivity index (χ0v) is 11.3. The van der Waals surface area contributed by atoms with E-state index in [1.54, 1.807) is 6.07 Å². The second-order valence-electron chi connectivity index (χ2n) is 4.14. The summed E-state index contributed by atoms with van der Waals surface area (Å²) in [6.45, 7) is 6.14. The smallest absolute Gasteiger partial charge is 0.242 e. The molecule has 82 valence electrons. The Balaban J connectivity index is 3.11. The Labute approximate surface area is 100 Å². The molecule has 0 aliphatic rings. The highest BCUT2D eigenvalue weighted by Crippen LogP contribution is 2.32. The molecule has 0 N–H and O–H groups in total. The minimum Gasteiger partial charge on any atom is -0.543 e. The van der Waals surface area contributed by atoms with Gasteiger partial charge in [0, 0.05) is 5.56 Å². The van der Waals surface area contributed by atoms with Gasteiger partial charge in [-0.25, -0.2) is 0 Å². The largest absolute Gasteiger partial charge is 0.543 e. The second-order valence-corrected chi connectivity index (χ2v) is 9.38. The lowest BCUT2D eigenvalue weighted by Gasteiger charge is -2.20. The number of carbonyl (C=O) groups excluding carboxylic acids is 1. The maximum atomic E-state index is 10.6. The van der Waals surface area contributed by atoms with Crippen molar-refractivity contribution in [2.24, 2.45) is 0 Å². The van der Waals surface area contributed by atoms with Crippen LogP contribution in [0, 0.1) is 0 Å². The van der Waals surface area contributed by atoms with Gasteiger partial charge in [0.1, 0.15) is 5.75 Å². The molecule has 1 aromatic carbocycles. The van der Waals surface area contributed by atoms with Gasteiger partial charge in [0.05, 0.1) is 10.0 Å². The fourth-order valence-electron chi connectivity index (χ4n) is 1.04. The van der Waals surface area contributed by atoms with Gasteiger partial charge >= 0.3 is 0 Å². The van der Waals surface area contributed by atoms with Gasteiger partial charge in [-0.15, -0.1) is 0 Å². The van der Waals surface area contributed by atoms with E-state index in [4.69, 9.17) is 27.6 Å². The van der Waals surface area contributed by atoms with Crippen LogP contribution in [-0.4, -0.2) is 14.6 Å². The summed E-state index contributed by atoms with van der Waals surface area (Å²) in [5.74, 6) is 0.548. The highest BCUT2D eigenvalue weighted by atomic mass is 35.5. The van der Waals surface area contributed by atoms with Crippen LogP contribution in [0.1, 0.15) is 10.4 Å². The number of rotatable bonds is 3. The van der Waals surface area contributed by atoms with E-state index in [2.05, 4.69) is 0 Å². The number of hydrogen-bond donors (Lipinski definition) is 0. The third-order valence-electron chi connectivity index (χ3n) is 1.59. The van der Waals surface area contributed by atoms with Gasteiger partial charge in [-0.05, 0) is 31.8 Å². The molecule has 1 aromatic rings. The number of benzene rings is 1. The Bertz CT molecular complexity index is 386. The van der Waals surface area contributed by atoms with Crippen LogP contribution in [0.4, 0.5) is 0 Å². The molecule has 2 nitrogen and oxygen atoms in total. The second kappa shape index (κ2) is 4.55. The normalized spacial score (nSPS) is 11.3. The van der Waals surface area contributed by atoms with Crippen molar-refractivity contribution in [2.75, 3.05) is 0 Å². The number of carbonyl (C=O) groups is 1. The summed E-state index contributed by atoms with van der Waals surface area (Å²) in [7, 11) is -1.71. The lowest BCUT2D eigenvalue weighted by atomic mass is 10.2. The molecule has 0 heterocycles. The Kier molecular flexibility index (Phi) is 3.81. The Morgan fingerprint density at radius 2 is 1.80 bits per heavy atom. The summed E-state index contributed by atoms with van der Waals surface area (Å²) < 4.78 is 5.72. The van der Waals surface area contributed by atoms with Crippen LogP contribution in [0.2, 0.25) is 29.7 Å². The third-order valence-corrected chi connectivity index (χ3v) is 3.05. The first kappa shape index (κ1) is 12.6. The van der Waals surface area contributed by atoms with Gasteiger partial charge in [0.2, 0.25) is 8.32 Å². The van der Waals surface area contributed by atoms with Gasteiger partial charge < -0.3 is 4.43 Å². The van der Waals surface area contributed by atoms with E-state index < -0.39 is 8.32 Å². The molecule has 0 saturated heterocycles. The fourth-order valence-corrected chi connectivity index (χ4v) is 2.34. The van der Waals surface area contributed by atoms with Crippen molar-refractivity contribution in [3.05, 3.63) is 27.7 Å². The molecule has 0 saturated carbocycles. The number of hydrogen-bond acceptors (Lipinski definition) is 2. The number of aldehydes is 1. The lowest BCUT2D eigenvalue weighted by molar-refractivity contribution is 0.112. The number of halogens is 2. The van der Waals surface area contributed by atoms with E-state index in [1.165, 1.54) is 6.07 Å². The predicted octanol–water partition coefficient (Wildman–Crippen LogP) is 4.02. The van der Waals surface area contributed by atoms with Gasteiger partial charge in [-0.1, -0.05) is 23.2 Å². The highest BCUT2D eigenvalue weighted by Gasteiger charge is 2.18. The van der Waals surface area contributed by atoms with Crippen LogP contribution in [0.15, 0.2) is 12.1 Å². The quantitative estimate of drug-likeness (QED) is 0.608. The first-order valence-electron chi connectivity index (χ1n) is 4.47. The molecule has 0 aromatic heterocycles. The van der Waals surface area contributed by atoms with Crippen LogP contribution >= 0.6 is 23.2 Å². The van der Waals surface area contributed by atoms with Crippen molar-refractivity contribution >= 4 is 37.8 Å². The highest BCUT2D eigenvalue weighted by molar-refractivity contribution is 6.70. The minimum atomic E-state index is -1.71. The van der Waals surface area contributed by atoms with Crippen LogP contribution in [0.3, 0.4) is 0 Å². The molecule has 0 spiro atoms. The minimum absolute atomic E-state index is 0.364. The Morgan fingerprint density at radius 1 is 1.20 bits per heavy atom. The predicted molar refractivity (Wildman–Crippen MR) is 65.8 cm³/mol. The Hall–Kier alpha value is -0.513. The van der Waals surface area contributed by atoms with Crippen LogP contribution < -0.4 is 4.43 Å². The van der Waals surface area contributed by atoms with Crippen LogP contribution in [0.25, 0.3) is 0 Å². The average Bonchev–Trinajstić information content (AvgIpc) is 2.08. The van der Waals surface area contributed by atoms with E-state index in [0.717, 1.165) is 0 Å². The molecule has 1 rings (SSSR count). The molecular weight excluding hydrogens is 251 g/mol. The van der Waals surface area contributed by atoms with Crippen molar-refractivity contribution in [1.82, 2.24) is 0 Å². The summed E-state index contributed by atoms with van der Waals surface area (Å²) in [5.41, 5.74) is 0.379. The first-order valence-corrected chi connectivity index (χ1v) is 8.63. The van der Waals surface area contributed by atoms with Crippen LogP contribution in [0.5, 0.6) is 5.75 Å². The third kappa shape index (κ3) is 3.52. The topological polar surface area (TPSA) is 26.3 Å². The fraction of sp³-hybridized carbons (Fsp3) is 0.300. The van der Waals surface area contributed by atoms with E-state index in [0.29, 0.717) is 27.6 Å². The summed E-state index contributed by atoms with van der Waals surface area (Å²) in [6.07, 6.45) is 0.673. The standard InChI is InChI=1S/C10H12Cl2O2Si/c1-15(2,3)14-10-5-8(11)7(6-13)4-9(10)12/h4-6H,1-3H3. The molecule has 5 heteroatoms. The van der Waals surface area contributed by atoms with Gasteiger partial charge in [-0.3, -0.25) is 4.79 Å². The molecule has 15 heavy (non-hydrogen) atoms. The average molecular weight is 263 g/mol. The maximum absolute atomic E-state index is 10.6. The van der Waals surface area contributed by atoms with E-state index in [-0.39, 0.29) is 0 Å². The Morgan fingerprint density at radius 3 is 2.27 bits per heavy atom. The van der Waals surface area contributed by atoms with Crippen molar-refractivity contribution in [2.45, 2.75) is 19.6 Å². The zero-order valence-electron chi connectivity index (χ0n) is 8.80. The van der Waals surface area contributed by atoms with Crippen molar-refractivity contribution in [1.29, 1.82) is 0 Å². The van der Waals surface area contributed by atoms with Crippen molar-refractivity contribution in [3.63, 3.8) is 0 Å². The summed E-state index contributed by atoms with van der Waals surface area (Å²) in [4.78, 5) is 10.6. The zero-order chi connectivity index (χ0) is 11.6. The maximum Gasteiger partial charge on any atom is 0.242 e. The molecule has 0 aliphatic carbocycles. The molecule has 0 atom stereocenters. The summed E-state index contributed by atoms with van der Waals surface area (Å²) >= 11 is 11.8. The molecule has 0 bridgehead atoms. The van der Waals surface area contributed by atoms with Gasteiger partial charge in [0.25, 0.3) is 0 Å². The molecule has 0 fully saturated rings.